The van der Waals surface area contributed by atoms with Crippen LogP contribution in [0.1, 0.15) is 18.4 Å². The Morgan fingerprint density at radius 3 is 2.76 bits per heavy atom. The van der Waals surface area contributed by atoms with Gasteiger partial charge in [-0.2, -0.15) is 13.2 Å². The minimum absolute atomic E-state index is 0.0190. The van der Waals surface area contributed by atoms with Crippen LogP contribution in [0.25, 0.3) is 0 Å². The van der Waals surface area contributed by atoms with Gasteiger partial charge in [0.25, 0.3) is 0 Å². The Morgan fingerprint density at radius 2 is 2.12 bits per heavy atom. The average Bonchev–Trinajstić information content (AvgIpc) is 2.97. The van der Waals surface area contributed by atoms with E-state index in [1.54, 1.807) is 7.11 Å². The summed E-state index contributed by atoms with van der Waals surface area (Å²) in [5.74, 6) is 0. The van der Waals surface area contributed by atoms with Crippen LogP contribution in [0.2, 0.25) is 5.02 Å². The van der Waals surface area contributed by atoms with Crippen molar-refractivity contribution in [3.8, 4) is 0 Å². The number of rotatable bonds is 7. The fraction of sp³-hybridized carbons (Fsp3) is 0.600. The fourth-order valence-corrected chi connectivity index (χ4v) is 4.39. The van der Waals surface area contributed by atoms with Crippen molar-refractivity contribution in [1.29, 1.82) is 0 Å². The van der Waals surface area contributed by atoms with Gasteiger partial charge in [0.1, 0.15) is 4.90 Å². The van der Waals surface area contributed by atoms with Crippen LogP contribution in [0.15, 0.2) is 23.1 Å². The summed E-state index contributed by atoms with van der Waals surface area (Å²) >= 11 is 5.81. The van der Waals surface area contributed by atoms with Crippen molar-refractivity contribution < 1.29 is 26.3 Å². The minimum Gasteiger partial charge on any atom is -0.383 e. The van der Waals surface area contributed by atoms with Crippen LogP contribution in [0.4, 0.5) is 13.2 Å². The van der Waals surface area contributed by atoms with E-state index in [0.717, 1.165) is 31.5 Å². The number of hydrogen-bond donors (Lipinski definition) is 1. The molecule has 1 aliphatic heterocycles. The van der Waals surface area contributed by atoms with E-state index in [9.17, 15) is 21.6 Å². The quantitative estimate of drug-likeness (QED) is 0.764. The van der Waals surface area contributed by atoms with Crippen LogP contribution in [-0.2, 0) is 20.9 Å². The number of methoxy groups -OCH3 is 1. The van der Waals surface area contributed by atoms with E-state index in [4.69, 9.17) is 16.3 Å². The molecule has 0 aliphatic carbocycles. The number of sulfonamides is 1. The maximum atomic E-state index is 12.8. The predicted molar refractivity (Wildman–Crippen MR) is 88.1 cm³/mol. The van der Waals surface area contributed by atoms with Crippen molar-refractivity contribution in [2.75, 3.05) is 33.4 Å². The van der Waals surface area contributed by atoms with Crippen molar-refractivity contribution in [3.63, 3.8) is 0 Å². The number of halogens is 4. The average molecular weight is 401 g/mol. The number of alkyl halides is 3. The largest absolute Gasteiger partial charge is 0.416 e. The van der Waals surface area contributed by atoms with Gasteiger partial charge >= 0.3 is 6.18 Å². The normalized spacial score (nSPS) is 19.5. The Bertz CT molecular complexity index is 698. The maximum absolute atomic E-state index is 12.8. The van der Waals surface area contributed by atoms with Gasteiger partial charge in [-0.25, -0.2) is 13.1 Å². The summed E-state index contributed by atoms with van der Waals surface area (Å²) in [6.45, 7) is 2.15. The first kappa shape index (κ1) is 20.4. The molecule has 1 heterocycles. The summed E-state index contributed by atoms with van der Waals surface area (Å²) in [4.78, 5) is 1.53. The molecule has 1 saturated heterocycles. The van der Waals surface area contributed by atoms with Crippen LogP contribution in [0.3, 0.4) is 0 Å². The molecule has 1 aromatic rings. The van der Waals surface area contributed by atoms with E-state index < -0.39 is 26.7 Å². The SMILES string of the molecule is COCCN1CCCC1CNS(=O)(=O)c1cc(C(F)(F)F)ccc1Cl. The number of hydrogen-bond acceptors (Lipinski definition) is 4. The molecule has 0 bridgehead atoms. The first-order valence-corrected chi connectivity index (χ1v) is 9.60. The van der Waals surface area contributed by atoms with Gasteiger partial charge in [-0.1, -0.05) is 11.6 Å². The van der Waals surface area contributed by atoms with E-state index in [0.29, 0.717) is 19.2 Å². The summed E-state index contributed by atoms with van der Waals surface area (Å²) < 4.78 is 70.6. The first-order chi connectivity index (χ1) is 11.6. The molecule has 0 radical (unpaired) electrons. The van der Waals surface area contributed by atoms with Gasteiger partial charge in [-0.05, 0) is 37.6 Å². The lowest BCUT2D eigenvalue weighted by atomic mass is 10.2. The molecule has 0 aromatic heterocycles. The molecule has 0 saturated carbocycles. The lowest BCUT2D eigenvalue weighted by Crippen LogP contribution is -2.41. The van der Waals surface area contributed by atoms with Crippen molar-refractivity contribution >= 4 is 21.6 Å². The number of likely N-dealkylation sites (tertiary alicyclic amines) is 1. The summed E-state index contributed by atoms with van der Waals surface area (Å²) in [5, 5.41) is -0.247. The van der Waals surface area contributed by atoms with Gasteiger partial charge in [-0.15, -0.1) is 0 Å². The highest BCUT2D eigenvalue weighted by molar-refractivity contribution is 7.89. The van der Waals surface area contributed by atoms with E-state index in [-0.39, 0.29) is 17.6 Å². The zero-order valence-corrected chi connectivity index (χ0v) is 15.2. The molecule has 5 nitrogen and oxygen atoms in total. The number of nitrogens with one attached hydrogen (secondary N) is 1. The molecule has 2 rings (SSSR count). The lowest BCUT2D eigenvalue weighted by Gasteiger charge is -2.24. The highest BCUT2D eigenvalue weighted by Gasteiger charge is 2.33. The fourth-order valence-electron chi connectivity index (χ4n) is 2.80. The molecule has 10 heteroatoms. The molecular formula is C15H20ClF3N2O3S. The zero-order valence-electron chi connectivity index (χ0n) is 13.6. The third-order valence-electron chi connectivity index (χ3n) is 4.14. The standard InChI is InChI=1S/C15H20ClF3N2O3S/c1-24-8-7-21-6-2-3-12(21)10-20-25(22,23)14-9-11(15(17,18)19)4-5-13(14)16/h4-5,9,12,20H,2-3,6-8,10H2,1H3. The van der Waals surface area contributed by atoms with Gasteiger partial charge in [0.2, 0.25) is 10.0 Å². The molecule has 1 aliphatic rings. The highest BCUT2D eigenvalue weighted by atomic mass is 35.5. The Labute approximate surface area is 150 Å². The smallest absolute Gasteiger partial charge is 0.383 e. The molecule has 0 spiro atoms. The molecule has 25 heavy (non-hydrogen) atoms. The predicted octanol–water partition coefficient (Wildman–Crippen LogP) is 2.75. The molecule has 1 unspecified atom stereocenters. The number of nitrogens with zero attached hydrogens (tertiary/aromatic N) is 1. The first-order valence-electron chi connectivity index (χ1n) is 7.74. The van der Waals surface area contributed by atoms with Gasteiger partial charge in [0, 0.05) is 26.2 Å². The van der Waals surface area contributed by atoms with Crippen molar-refractivity contribution in [2.45, 2.75) is 30.0 Å². The zero-order chi connectivity index (χ0) is 18.7. The molecule has 1 fully saturated rings. The lowest BCUT2D eigenvalue weighted by molar-refractivity contribution is -0.137. The third kappa shape index (κ3) is 5.30. The van der Waals surface area contributed by atoms with Crippen molar-refractivity contribution in [2.24, 2.45) is 0 Å². The Hall–Kier alpha value is -0.870. The molecule has 0 amide bonds. The topological polar surface area (TPSA) is 58.6 Å². The molecule has 142 valence electrons. The maximum Gasteiger partial charge on any atom is 0.416 e. The van der Waals surface area contributed by atoms with E-state index in [2.05, 4.69) is 9.62 Å². The van der Waals surface area contributed by atoms with E-state index in [1.807, 2.05) is 0 Å². The van der Waals surface area contributed by atoms with E-state index in [1.165, 1.54) is 0 Å². The number of ether oxygens (including phenoxy) is 1. The minimum atomic E-state index is -4.64. The number of benzene rings is 1. The second-order valence-electron chi connectivity index (χ2n) is 5.82. The van der Waals surface area contributed by atoms with Gasteiger partial charge in [-0.3, -0.25) is 4.90 Å². The summed E-state index contributed by atoms with van der Waals surface area (Å²) in [5.41, 5.74) is -1.06. The van der Waals surface area contributed by atoms with Crippen LogP contribution >= 0.6 is 11.6 Å². The monoisotopic (exact) mass is 400 g/mol. The molecule has 1 atom stereocenters. The third-order valence-corrected chi connectivity index (χ3v) is 6.04. The van der Waals surface area contributed by atoms with Crippen LogP contribution in [0, 0.1) is 0 Å². The molecule has 1 N–H and O–H groups in total. The van der Waals surface area contributed by atoms with Gasteiger partial charge in [0.15, 0.2) is 0 Å². The Balaban J connectivity index is 2.11. The van der Waals surface area contributed by atoms with Crippen LogP contribution < -0.4 is 4.72 Å². The van der Waals surface area contributed by atoms with Crippen molar-refractivity contribution in [1.82, 2.24) is 9.62 Å². The Kier molecular flexibility index (Phi) is 6.72. The van der Waals surface area contributed by atoms with Crippen LogP contribution in [-0.4, -0.2) is 52.7 Å². The second kappa shape index (κ2) is 8.22. The Morgan fingerprint density at radius 1 is 1.40 bits per heavy atom. The van der Waals surface area contributed by atoms with Gasteiger partial charge < -0.3 is 4.74 Å². The van der Waals surface area contributed by atoms with Gasteiger partial charge in [0.05, 0.1) is 17.2 Å². The molecule has 1 aromatic carbocycles. The summed E-state index contributed by atoms with van der Waals surface area (Å²) in [6, 6.07) is 2.24. The van der Waals surface area contributed by atoms with E-state index >= 15 is 0 Å². The second-order valence-corrected chi connectivity index (χ2v) is 7.96. The summed E-state index contributed by atoms with van der Waals surface area (Å²) in [7, 11) is -2.56. The highest BCUT2D eigenvalue weighted by Crippen LogP contribution is 2.33. The van der Waals surface area contributed by atoms with Crippen molar-refractivity contribution in [3.05, 3.63) is 28.8 Å². The molecular weight excluding hydrogens is 381 g/mol. The summed E-state index contributed by atoms with van der Waals surface area (Å²) in [6.07, 6.45) is -2.90. The van der Waals surface area contributed by atoms with Crippen LogP contribution in [0.5, 0.6) is 0 Å².